The van der Waals surface area contributed by atoms with Crippen LogP contribution in [-0.2, 0) is 4.79 Å². The summed E-state index contributed by atoms with van der Waals surface area (Å²) < 4.78 is 2.04. The van der Waals surface area contributed by atoms with Gasteiger partial charge in [-0.15, -0.1) is 0 Å². The van der Waals surface area contributed by atoms with E-state index in [1.165, 1.54) is 0 Å². The maximum Gasteiger partial charge on any atom is 0.244 e. The fourth-order valence-corrected chi connectivity index (χ4v) is 4.53. The number of benzene rings is 1. The lowest BCUT2D eigenvalue weighted by Crippen LogP contribution is -2.37. The van der Waals surface area contributed by atoms with Gasteiger partial charge in [0, 0.05) is 30.0 Å². The van der Waals surface area contributed by atoms with Crippen LogP contribution >= 0.6 is 12.2 Å². The molecule has 1 aliphatic heterocycles. The molecule has 8 heteroatoms. The summed E-state index contributed by atoms with van der Waals surface area (Å²) in [5.41, 5.74) is 3.65. The Labute approximate surface area is 203 Å². The molecule has 0 aliphatic carbocycles. The summed E-state index contributed by atoms with van der Waals surface area (Å²) in [4.78, 5) is 24.1. The molecule has 1 saturated heterocycles. The van der Waals surface area contributed by atoms with Gasteiger partial charge in [0.2, 0.25) is 5.91 Å². The number of thiocarbonyl (C=S) groups is 1. The second kappa shape index (κ2) is 9.44. The maximum atomic E-state index is 13.0. The van der Waals surface area contributed by atoms with Gasteiger partial charge < -0.3 is 20.1 Å². The minimum absolute atomic E-state index is 0.0984. The number of nitrogens with one attached hydrogen (secondary N) is 2. The van der Waals surface area contributed by atoms with Crippen molar-refractivity contribution in [1.29, 1.82) is 0 Å². The molecule has 170 valence electrons. The Morgan fingerprint density at radius 1 is 1.03 bits per heavy atom. The number of rotatable bonds is 6. The van der Waals surface area contributed by atoms with Crippen molar-refractivity contribution in [2.75, 3.05) is 11.9 Å². The van der Waals surface area contributed by atoms with Gasteiger partial charge in [-0.1, -0.05) is 30.3 Å². The van der Waals surface area contributed by atoms with Crippen molar-refractivity contribution in [1.82, 2.24) is 24.8 Å². The van der Waals surface area contributed by atoms with E-state index in [0.717, 1.165) is 28.5 Å². The van der Waals surface area contributed by atoms with Crippen LogP contribution in [0.5, 0.6) is 0 Å². The van der Waals surface area contributed by atoms with E-state index >= 15 is 0 Å². The minimum Gasteiger partial charge on any atom is -0.352 e. The Balaban J connectivity index is 1.51. The van der Waals surface area contributed by atoms with E-state index in [2.05, 4.69) is 20.6 Å². The number of aryl methyl sites for hydroxylation is 1. The number of para-hydroxylation sites is 1. The molecular formula is C26H24N6OS. The normalized spacial score (nSPS) is 17.4. The van der Waals surface area contributed by atoms with Crippen molar-refractivity contribution in [2.24, 2.45) is 0 Å². The molecule has 4 heterocycles. The SMILES string of the molecule is Cc1ccc(-n2cccc2C2C(c3ccccn3)NC(=S)N2CC(=O)Nc2ccccc2)nc1. The summed E-state index contributed by atoms with van der Waals surface area (Å²) in [6.07, 6.45) is 5.59. The highest BCUT2D eigenvalue weighted by molar-refractivity contribution is 7.80. The third-order valence-corrected chi connectivity index (χ3v) is 6.15. The van der Waals surface area contributed by atoms with E-state index in [1.54, 1.807) is 6.20 Å². The number of hydrogen-bond donors (Lipinski definition) is 2. The van der Waals surface area contributed by atoms with Gasteiger partial charge >= 0.3 is 0 Å². The molecule has 4 aromatic rings. The van der Waals surface area contributed by atoms with Crippen LogP contribution in [0, 0.1) is 6.92 Å². The number of amides is 1. The summed E-state index contributed by atoms with van der Waals surface area (Å²) >= 11 is 5.71. The Morgan fingerprint density at radius 3 is 2.59 bits per heavy atom. The van der Waals surface area contributed by atoms with E-state index < -0.39 is 0 Å². The quantitative estimate of drug-likeness (QED) is 0.414. The first-order chi connectivity index (χ1) is 16.6. The van der Waals surface area contributed by atoms with E-state index in [0.29, 0.717) is 5.11 Å². The highest BCUT2D eigenvalue weighted by atomic mass is 32.1. The van der Waals surface area contributed by atoms with Crippen molar-refractivity contribution in [3.8, 4) is 5.82 Å². The fourth-order valence-electron chi connectivity index (χ4n) is 4.22. The van der Waals surface area contributed by atoms with E-state index in [1.807, 2.05) is 102 Å². The van der Waals surface area contributed by atoms with Crippen molar-refractivity contribution >= 4 is 28.9 Å². The molecule has 1 amide bonds. The molecule has 0 spiro atoms. The predicted octanol–water partition coefficient (Wildman–Crippen LogP) is 4.19. The average Bonchev–Trinajstić information content (AvgIpc) is 3.45. The zero-order valence-corrected chi connectivity index (χ0v) is 19.4. The van der Waals surface area contributed by atoms with Crippen LogP contribution in [0.25, 0.3) is 5.82 Å². The summed E-state index contributed by atoms with van der Waals surface area (Å²) in [5, 5.41) is 6.86. The van der Waals surface area contributed by atoms with Crippen molar-refractivity contribution in [3.63, 3.8) is 0 Å². The van der Waals surface area contributed by atoms with Gasteiger partial charge in [-0.2, -0.15) is 0 Å². The Morgan fingerprint density at radius 2 is 1.85 bits per heavy atom. The Kier molecular flexibility index (Phi) is 6.05. The molecule has 2 atom stereocenters. The van der Waals surface area contributed by atoms with Gasteiger partial charge in [-0.05, 0) is 67.2 Å². The second-order valence-corrected chi connectivity index (χ2v) is 8.55. The van der Waals surface area contributed by atoms with E-state index in [-0.39, 0.29) is 24.5 Å². The minimum atomic E-state index is -0.262. The molecular weight excluding hydrogens is 444 g/mol. The molecule has 7 nitrogen and oxygen atoms in total. The highest BCUT2D eigenvalue weighted by Gasteiger charge is 2.42. The van der Waals surface area contributed by atoms with Gasteiger partial charge in [0.15, 0.2) is 5.11 Å². The number of anilines is 1. The first kappa shape index (κ1) is 21.8. The number of aromatic nitrogens is 3. The van der Waals surface area contributed by atoms with Crippen LogP contribution in [0.15, 0.2) is 91.4 Å². The van der Waals surface area contributed by atoms with E-state index in [4.69, 9.17) is 12.2 Å². The van der Waals surface area contributed by atoms with Crippen LogP contribution in [0.1, 0.15) is 29.0 Å². The lowest BCUT2D eigenvalue weighted by Gasteiger charge is -2.28. The Hall–Kier alpha value is -4.04. The van der Waals surface area contributed by atoms with Crippen LogP contribution < -0.4 is 10.6 Å². The number of hydrogen-bond acceptors (Lipinski definition) is 4. The molecule has 2 unspecified atom stereocenters. The van der Waals surface area contributed by atoms with Crippen molar-refractivity contribution in [3.05, 3.63) is 108 Å². The largest absolute Gasteiger partial charge is 0.352 e. The molecule has 0 radical (unpaired) electrons. The number of pyridine rings is 2. The third-order valence-electron chi connectivity index (χ3n) is 5.80. The molecule has 0 saturated carbocycles. The topological polar surface area (TPSA) is 75.1 Å². The molecule has 1 fully saturated rings. The second-order valence-electron chi connectivity index (χ2n) is 8.17. The number of nitrogens with zero attached hydrogens (tertiary/aromatic N) is 4. The van der Waals surface area contributed by atoms with Crippen LogP contribution in [0.4, 0.5) is 5.69 Å². The first-order valence-corrected chi connectivity index (χ1v) is 11.4. The van der Waals surface area contributed by atoms with Gasteiger partial charge in [-0.3, -0.25) is 9.78 Å². The van der Waals surface area contributed by atoms with Crippen LogP contribution in [0.2, 0.25) is 0 Å². The highest BCUT2D eigenvalue weighted by Crippen LogP contribution is 2.39. The molecule has 34 heavy (non-hydrogen) atoms. The number of carbonyl (C=O) groups excluding carboxylic acids is 1. The van der Waals surface area contributed by atoms with Gasteiger partial charge in [0.25, 0.3) is 0 Å². The molecule has 1 aliphatic rings. The maximum absolute atomic E-state index is 13.0. The Bertz CT molecular complexity index is 1290. The average molecular weight is 469 g/mol. The molecule has 5 rings (SSSR count). The van der Waals surface area contributed by atoms with Crippen LogP contribution in [-0.4, -0.2) is 37.0 Å². The van der Waals surface area contributed by atoms with E-state index in [9.17, 15) is 4.79 Å². The molecule has 3 aromatic heterocycles. The van der Waals surface area contributed by atoms with Gasteiger partial charge in [0.05, 0.1) is 17.8 Å². The summed E-state index contributed by atoms with van der Waals surface area (Å²) in [5.74, 6) is 0.658. The monoisotopic (exact) mass is 468 g/mol. The predicted molar refractivity (Wildman–Crippen MR) is 136 cm³/mol. The zero-order chi connectivity index (χ0) is 23.5. The number of carbonyl (C=O) groups is 1. The standard InChI is InChI=1S/C26H24N6OS/c1-18-12-13-22(28-16-18)31-15-7-11-21(31)25-24(20-10-5-6-14-27-20)30-26(34)32(25)17-23(33)29-19-8-3-2-4-9-19/h2-16,24-25H,17H2,1H3,(H,29,33)(H,30,34). The van der Waals surface area contributed by atoms with Crippen molar-refractivity contribution < 1.29 is 4.79 Å². The smallest absolute Gasteiger partial charge is 0.244 e. The zero-order valence-electron chi connectivity index (χ0n) is 18.6. The molecule has 1 aromatic carbocycles. The van der Waals surface area contributed by atoms with Crippen molar-refractivity contribution in [2.45, 2.75) is 19.0 Å². The fraction of sp³-hybridized carbons (Fsp3) is 0.154. The first-order valence-electron chi connectivity index (χ1n) is 11.0. The molecule has 2 N–H and O–H groups in total. The van der Waals surface area contributed by atoms with Crippen LogP contribution in [0.3, 0.4) is 0 Å². The lowest BCUT2D eigenvalue weighted by molar-refractivity contribution is -0.116. The summed E-state index contributed by atoms with van der Waals surface area (Å²) in [6.45, 7) is 2.11. The summed E-state index contributed by atoms with van der Waals surface area (Å²) in [6, 6.07) is 22.8. The summed E-state index contributed by atoms with van der Waals surface area (Å²) in [7, 11) is 0. The van der Waals surface area contributed by atoms with Gasteiger partial charge in [0.1, 0.15) is 12.4 Å². The van der Waals surface area contributed by atoms with Gasteiger partial charge in [-0.25, -0.2) is 4.98 Å². The lowest BCUT2D eigenvalue weighted by atomic mass is 10.0. The molecule has 0 bridgehead atoms. The third kappa shape index (κ3) is 4.40.